The molecule has 2 unspecified atom stereocenters. The van der Waals surface area contributed by atoms with Crippen molar-refractivity contribution in [2.45, 2.75) is 107 Å². The fourth-order valence-corrected chi connectivity index (χ4v) is 8.67. The van der Waals surface area contributed by atoms with E-state index in [1.165, 1.54) is 31.2 Å². The summed E-state index contributed by atoms with van der Waals surface area (Å²) in [6, 6.07) is 13.7. The lowest BCUT2D eigenvalue weighted by molar-refractivity contribution is -0.125. The zero-order valence-electron chi connectivity index (χ0n) is 26.5. The third kappa shape index (κ3) is 4.65. The minimum absolute atomic E-state index is 0.255. The summed E-state index contributed by atoms with van der Waals surface area (Å²) in [5.41, 5.74) is 4.99. The highest BCUT2D eigenvalue weighted by Crippen LogP contribution is 2.52. The minimum atomic E-state index is -0.407. The molecule has 234 valence electrons. The second-order valence-corrected chi connectivity index (χ2v) is 14.2. The summed E-state index contributed by atoms with van der Waals surface area (Å²) in [6.07, 6.45) is 10.6. The first kappa shape index (κ1) is 28.5. The van der Waals surface area contributed by atoms with Gasteiger partial charge in [0.2, 0.25) is 5.91 Å². The Bertz CT molecular complexity index is 1430. The number of carbonyl (C=O) groups is 1. The third-order valence-electron chi connectivity index (χ3n) is 11.2. The lowest BCUT2D eigenvalue weighted by Gasteiger charge is -2.50. The molecule has 2 N–H and O–H groups in total. The summed E-state index contributed by atoms with van der Waals surface area (Å²) in [4.78, 5) is 31.2. The van der Waals surface area contributed by atoms with E-state index in [9.17, 15) is 4.79 Å². The van der Waals surface area contributed by atoms with E-state index in [0.29, 0.717) is 30.1 Å². The monoisotopic (exact) mass is 597 g/mol. The van der Waals surface area contributed by atoms with E-state index in [0.717, 1.165) is 80.4 Å². The second kappa shape index (κ2) is 11.1. The highest BCUT2D eigenvalue weighted by molar-refractivity contribution is 6.09. The molecular formula is C35H47N7O2. The van der Waals surface area contributed by atoms with E-state index in [1.807, 2.05) is 13.4 Å². The fourth-order valence-electron chi connectivity index (χ4n) is 8.67. The number of anilines is 3. The number of hydrogen-bond donors (Lipinski definition) is 2. The van der Waals surface area contributed by atoms with Crippen LogP contribution >= 0.6 is 0 Å². The fraction of sp³-hybridized carbons (Fsp3) is 0.629. The van der Waals surface area contributed by atoms with Crippen LogP contribution in [0.3, 0.4) is 0 Å². The van der Waals surface area contributed by atoms with Crippen LogP contribution in [0.2, 0.25) is 0 Å². The maximum absolute atomic E-state index is 14.5. The molecule has 2 aromatic rings. The Morgan fingerprint density at radius 3 is 2.48 bits per heavy atom. The van der Waals surface area contributed by atoms with Crippen LogP contribution in [0.4, 0.5) is 17.2 Å². The molecule has 9 nitrogen and oxygen atoms in total. The molecule has 4 aliphatic heterocycles. The van der Waals surface area contributed by atoms with Gasteiger partial charge in [-0.05, 0) is 102 Å². The maximum Gasteiger partial charge on any atom is 0.238 e. The smallest absolute Gasteiger partial charge is 0.238 e. The summed E-state index contributed by atoms with van der Waals surface area (Å²) in [5, 5.41) is 7.19. The molecule has 0 radical (unpaired) electrons. The molecule has 1 amide bonds. The first-order valence-corrected chi connectivity index (χ1v) is 17.0. The molecule has 5 heterocycles. The zero-order chi connectivity index (χ0) is 30.0. The Balaban J connectivity index is 1.13. The van der Waals surface area contributed by atoms with Crippen molar-refractivity contribution in [3.63, 3.8) is 0 Å². The average molecular weight is 598 g/mol. The van der Waals surface area contributed by atoms with Crippen molar-refractivity contribution in [1.29, 1.82) is 0 Å². The van der Waals surface area contributed by atoms with Crippen molar-refractivity contribution in [3.05, 3.63) is 35.9 Å². The van der Waals surface area contributed by atoms with E-state index in [4.69, 9.17) is 9.72 Å². The standard InChI is InChI=1S/C35H47N7O2/c1-22(2)40(21-36-3)31-11-10-30(39-33(31)38-24-5-6-24)23-4-9-29-32(16-23)42(34(43)35(29)12-14-37-15-13-35)28-17-27(18-28)41-25-7-8-26(41)20-44-19-25/h4,9-11,16,21-22,24-28,37H,5-8,12-15,17-20H2,1-3H3,(H,38,39)/b36-21-. The number of morpholine rings is 1. The van der Waals surface area contributed by atoms with Crippen LogP contribution in [0, 0.1) is 0 Å². The Morgan fingerprint density at radius 1 is 1.05 bits per heavy atom. The first-order valence-electron chi connectivity index (χ1n) is 17.0. The topological polar surface area (TPSA) is 85.3 Å². The number of fused-ring (bicyclic) bond motifs is 4. The lowest BCUT2D eigenvalue weighted by atomic mass is 9.74. The van der Waals surface area contributed by atoms with Gasteiger partial charge in [-0.3, -0.25) is 14.7 Å². The van der Waals surface area contributed by atoms with Crippen LogP contribution in [0.15, 0.2) is 35.3 Å². The highest BCUT2D eigenvalue weighted by Gasteiger charge is 2.56. The Morgan fingerprint density at radius 2 is 1.80 bits per heavy atom. The minimum Gasteiger partial charge on any atom is -0.378 e. The van der Waals surface area contributed by atoms with Crippen LogP contribution in [0.1, 0.15) is 70.8 Å². The van der Waals surface area contributed by atoms with Crippen LogP contribution in [-0.2, 0) is 14.9 Å². The zero-order valence-corrected chi connectivity index (χ0v) is 26.5. The predicted octanol–water partition coefficient (Wildman–Crippen LogP) is 4.56. The number of carbonyl (C=O) groups excluding carboxylic acids is 1. The molecule has 44 heavy (non-hydrogen) atoms. The molecule has 2 atom stereocenters. The van der Waals surface area contributed by atoms with Gasteiger partial charge in [-0.25, -0.2) is 4.98 Å². The van der Waals surface area contributed by atoms with Gasteiger partial charge < -0.3 is 25.2 Å². The maximum atomic E-state index is 14.5. The van der Waals surface area contributed by atoms with E-state index >= 15 is 0 Å². The average Bonchev–Trinajstić information content (AvgIpc) is 3.77. The summed E-state index contributed by atoms with van der Waals surface area (Å²) >= 11 is 0. The third-order valence-corrected chi connectivity index (χ3v) is 11.2. The number of pyridine rings is 1. The molecule has 2 aliphatic carbocycles. The highest BCUT2D eigenvalue weighted by atomic mass is 16.5. The molecule has 3 saturated heterocycles. The van der Waals surface area contributed by atoms with Gasteiger partial charge in [0.25, 0.3) is 0 Å². The number of rotatable bonds is 8. The molecule has 2 bridgehead atoms. The van der Waals surface area contributed by atoms with Gasteiger partial charge in [0.15, 0.2) is 5.82 Å². The second-order valence-electron chi connectivity index (χ2n) is 14.2. The summed E-state index contributed by atoms with van der Waals surface area (Å²) < 4.78 is 5.87. The molecule has 1 spiro atoms. The molecule has 5 fully saturated rings. The number of nitrogens with one attached hydrogen (secondary N) is 2. The molecule has 1 aromatic carbocycles. The normalized spacial score (nSPS) is 29.5. The van der Waals surface area contributed by atoms with E-state index in [-0.39, 0.29) is 12.1 Å². The number of nitrogens with zero attached hydrogens (tertiary/aromatic N) is 5. The molecule has 6 aliphatic rings. The van der Waals surface area contributed by atoms with Crippen LogP contribution in [0.5, 0.6) is 0 Å². The van der Waals surface area contributed by atoms with Crippen LogP contribution in [-0.4, -0.2) is 91.7 Å². The van der Waals surface area contributed by atoms with Gasteiger partial charge in [0, 0.05) is 54.5 Å². The van der Waals surface area contributed by atoms with Gasteiger partial charge in [-0.2, -0.15) is 0 Å². The quantitative estimate of drug-likeness (QED) is 0.341. The van der Waals surface area contributed by atoms with Crippen LogP contribution in [0.25, 0.3) is 11.3 Å². The Kier molecular flexibility index (Phi) is 7.18. The summed E-state index contributed by atoms with van der Waals surface area (Å²) in [5.74, 6) is 1.23. The van der Waals surface area contributed by atoms with Crippen molar-refractivity contribution in [2.24, 2.45) is 4.99 Å². The first-order chi connectivity index (χ1) is 21.5. The number of benzene rings is 1. The number of hydrogen-bond acceptors (Lipinski definition) is 7. The van der Waals surface area contributed by atoms with Crippen molar-refractivity contribution in [1.82, 2.24) is 15.2 Å². The largest absolute Gasteiger partial charge is 0.378 e. The van der Waals surface area contributed by atoms with Crippen molar-refractivity contribution in [3.8, 4) is 11.3 Å². The summed E-state index contributed by atoms with van der Waals surface area (Å²) in [7, 11) is 1.81. The van der Waals surface area contributed by atoms with Gasteiger partial charge in [0.05, 0.1) is 36.3 Å². The van der Waals surface area contributed by atoms with Crippen molar-refractivity contribution >= 4 is 29.4 Å². The summed E-state index contributed by atoms with van der Waals surface area (Å²) in [6.45, 7) is 7.86. The van der Waals surface area contributed by atoms with E-state index in [1.54, 1.807) is 0 Å². The SMILES string of the molecule is C/N=C\N(c1ccc(-c2ccc3c(c2)N(C2CC(N4C5CCC4COC5)C2)C(=O)C32CCNCC2)nc1NC1CC1)C(C)C. The van der Waals surface area contributed by atoms with Gasteiger partial charge in [-0.1, -0.05) is 12.1 Å². The molecule has 9 heteroatoms. The molecule has 2 saturated carbocycles. The molecule has 1 aromatic heterocycles. The number of amides is 1. The predicted molar refractivity (Wildman–Crippen MR) is 176 cm³/mol. The molecule has 8 rings (SSSR count). The Hall–Kier alpha value is -3.01. The number of aliphatic imine (C=N–C) groups is 1. The molecular weight excluding hydrogens is 550 g/mol. The number of piperidine rings is 1. The lowest BCUT2D eigenvalue weighted by Crippen LogP contribution is -2.61. The van der Waals surface area contributed by atoms with Crippen molar-refractivity contribution < 1.29 is 9.53 Å². The van der Waals surface area contributed by atoms with Gasteiger partial charge in [0.1, 0.15) is 0 Å². The Labute approximate surface area is 261 Å². The van der Waals surface area contributed by atoms with Gasteiger partial charge in [-0.15, -0.1) is 0 Å². The number of ether oxygens (including phenoxy) is 1. The van der Waals surface area contributed by atoms with Crippen molar-refractivity contribution in [2.75, 3.05) is 48.5 Å². The number of aromatic nitrogens is 1. The van der Waals surface area contributed by atoms with Gasteiger partial charge >= 0.3 is 0 Å². The van der Waals surface area contributed by atoms with Crippen LogP contribution < -0.4 is 20.4 Å². The van der Waals surface area contributed by atoms with E-state index in [2.05, 4.69) is 74.5 Å². The van der Waals surface area contributed by atoms with E-state index < -0.39 is 5.41 Å².